The van der Waals surface area contributed by atoms with Crippen LogP contribution in [0.5, 0.6) is 11.5 Å². The Balaban J connectivity index is 2.28. The van der Waals surface area contributed by atoms with E-state index in [2.05, 4.69) is 22.0 Å². The molecule has 0 spiro atoms. The lowest BCUT2D eigenvalue weighted by atomic mass is 10.2. The van der Waals surface area contributed by atoms with E-state index in [1.165, 1.54) is 0 Å². The molecule has 0 saturated heterocycles. The Bertz CT molecular complexity index is 587. The third-order valence-corrected chi connectivity index (χ3v) is 2.90. The number of aryl methyl sites for hydroxylation is 1. The van der Waals surface area contributed by atoms with Gasteiger partial charge in [0.15, 0.2) is 0 Å². The van der Waals surface area contributed by atoms with Gasteiger partial charge in [0.25, 0.3) is 0 Å². The van der Waals surface area contributed by atoms with Crippen molar-refractivity contribution < 1.29 is 4.74 Å². The van der Waals surface area contributed by atoms with Gasteiger partial charge >= 0.3 is 0 Å². The molecule has 2 aromatic rings. The topological polar surface area (TPSA) is 33.0 Å². The second-order valence-corrected chi connectivity index (χ2v) is 4.53. The number of benzene rings is 2. The fraction of sp³-hybridized carbons (Fsp3) is 0.0714. The number of ether oxygens (including phenoxy) is 1. The average Bonchev–Trinajstić information content (AvgIpc) is 2.32. The van der Waals surface area contributed by atoms with Gasteiger partial charge in [0.05, 0.1) is 16.1 Å². The second-order valence-electron chi connectivity index (χ2n) is 3.68. The van der Waals surface area contributed by atoms with Gasteiger partial charge in [-0.05, 0) is 58.7 Å². The fourth-order valence-electron chi connectivity index (χ4n) is 1.46. The molecule has 0 unspecified atom stereocenters. The number of nitriles is 1. The van der Waals surface area contributed by atoms with Crippen molar-refractivity contribution in [2.75, 3.05) is 0 Å². The highest BCUT2D eigenvalue weighted by Crippen LogP contribution is 2.30. The van der Waals surface area contributed by atoms with Gasteiger partial charge in [-0.2, -0.15) is 5.26 Å². The zero-order valence-corrected chi connectivity index (χ0v) is 10.9. The Kier molecular flexibility index (Phi) is 3.46. The Hall–Kier alpha value is -1.79. The lowest BCUT2D eigenvalue weighted by Gasteiger charge is -2.08. The molecule has 0 aromatic heterocycles. The highest BCUT2D eigenvalue weighted by molar-refractivity contribution is 9.10. The molecule has 0 atom stereocenters. The van der Waals surface area contributed by atoms with E-state index in [9.17, 15) is 0 Å². The van der Waals surface area contributed by atoms with Crippen molar-refractivity contribution in [3.05, 3.63) is 58.1 Å². The van der Waals surface area contributed by atoms with Crippen LogP contribution in [-0.4, -0.2) is 0 Å². The molecule has 0 amide bonds. The van der Waals surface area contributed by atoms with Gasteiger partial charge in [-0.15, -0.1) is 0 Å². The second kappa shape index (κ2) is 5.03. The molecule has 0 heterocycles. The lowest BCUT2D eigenvalue weighted by molar-refractivity contribution is 0.479. The summed E-state index contributed by atoms with van der Waals surface area (Å²) < 4.78 is 6.51. The smallest absolute Gasteiger partial charge is 0.141 e. The number of rotatable bonds is 2. The summed E-state index contributed by atoms with van der Waals surface area (Å²) in [6.45, 7) is 2.01. The molecule has 0 N–H and O–H groups in total. The molecule has 0 bridgehead atoms. The maximum Gasteiger partial charge on any atom is 0.141 e. The molecular formula is C14H10BrNO. The third kappa shape index (κ3) is 2.86. The van der Waals surface area contributed by atoms with Crippen molar-refractivity contribution in [3.63, 3.8) is 0 Å². The van der Waals surface area contributed by atoms with Gasteiger partial charge in [-0.3, -0.25) is 0 Å². The monoisotopic (exact) mass is 287 g/mol. The Labute approximate surface area is 109 Å². The highest BCUT2D eigenvalue weighted by Gasteiger charge is 2.04. The Morgan fingerprint density at radius 3 is 2.65 bits per heavy atom. The first kappa shape index (κ1) is 11.7. The summed E-state index contributed by atoms with van der Waals surface area (Å²) in [5, 5.41) is 8.77. The first-order chi connectivity index (χ1) is 8.19. The molecule has 2 rings (SSSR count). The molecule has 0 fully saturated rings. The summed E-state index contributed by atoms with van der Waals surface area (Å²) in [5.74, 6) is 1.49. The average molecular weight is 288 g/mol. The van der Waals surface area contributed by atoms with E-state index in [0.717, 1.165) is 15.8 Å². The fourth-order valence-corrected chi connectivity index (χ4v) is 1.92. The van der Waals surface area contributed by atoms with Crippen LogP contribution in [0, 0.1) is 18.3 Å². The van der Waals surface area contributed by atoms with Gasteiger partial charge < -0.3 is 4.74 Å². The molecule has 0 aliphatic carbocycles. The number of hydrogen-bond donors (Lipinski definition) is 0. The maximum atomic E-state index is 8.77. The molecular weight excluding hydrogens is 278 g/mol. The molecule has 0 saturated carbocycles. The summed E-state index contributed by atoms with van der Waals surface area (Å²) in [6, 6.07) is 15.2. The highest BCUT2D eigenvalue weighted by atomic mass is 79.9. The van der Waals surface area contributed by atoms with Crippen LogP contribution in [0.25, 0.3) is 0 Å². The number of nitrogens with zero attached hydrogens (tertiary/aromatic N) is 1. The molecule has 2 nitrogen and oxygen atoms in total. The predicted molar refractivity (Wildman–Crippen MR) is 70.1 cm³/mol. The van der Waals surface area contributed by atoms with E-state index in [4.69, 9.17) is 10.00 Å². The van der Waals surface area contributed by atoms with Crippen LogP contribution < -0.4 is 4.74 Å². The van der Waals surface area contributed by atoms with Gasteiger partial charge in [-0.25, -0.2) is 0 Å². The van der Waals surface area contributed by atoms with E-state index in [-0.39, 0.29) is 0 Å². The third-order valence-electron chi connectivity index (χ3n) is 2.28. The van der Waals surface area contributed by atoms with Crippen LogP contribution in [-0.2, 0) is 0 Å². The van der Waals surface area contributed by atoms with Crippen LogP contribution in [0.3, 0.4) is 0 Å². The van der Waals surface area contributed by atoms with Gasteiger partial charge in [0.2, 0.25) is 0 Å². The lowest BCUT2D eigenvalue weighted by Crippen LogP contribution is -1.86. The molecule has 2 aromatic carbocycles. The van der Waals surface area contributed by atoms with Crippen molar-refractivity contribution in [1.82, 2.24) is 0 Å². The van der Waals surface area contributed by atoms with Gasteiger partial charge in [0, 0.05) is 0 Å². The zero-order chi connectivity index (χ0) is 12.3. The minimum absolute atomic E-state index is 0.605. The standard InChI is InChI=1S/C14H10BrNO/c1-10-3-2-4-12(7-10)17-14-6-5-11(9-16)8-13(14)15/h2-8H,1H3. The largest absolute Gasteiger partial charge is 0.456 e. The van der Waals surface area contributed by atoms with Gasteiger partial charge in [-0.1, -0.05) is 12.1 Å². The van der Waals surface area contributed by atoms with Crippen molar-refractivity contribution in [2.45, 2.75) is 6.92 Å². The molecule has 84 valence electrons. The van der Waals surface area contributed by atoms with Crippen LogP contribution >= 0.6 is 15.9 Å². The predicted octanol–water partition coefficient (Wildman–Crippen LogP) is 4.42. The summed E-state index contributed by atoms with van der Waals surface area (Å²) in [4.78, 5) is 0. The minimum atomic E-state index is 0.605. The van der Waals surface area contributed by atoms with Crippen LogP contribution in [0.1, 0.15) is 11.1 Å². The van der Waals surface area contributed by atoms with Gasteiger partial charge in [0.1, 0.15) is 11.5 Å². The van der Waals surface area contributed by atoms with E-state index in [1.54, 1.807) is 18.2 Å². The van der Waals surface area contributed by atoms with Crippen molar-refractivity contribution >= 4 is 15.9 Å². The minimum Gasteiger partial charge on any atom is -0.456 e. The molecule has 17 heavy (non-hydrogen) atoms. The summed E-state index contributed by atoms with van der Waals surface area (Å²) in [5.41, 5.74) is 1.75. The first-order valence-electron chi connectivity index (χ1n) is 5.13. The molecule has 0 aliphatic rings. The summed E-state index contributed by atoms with van der Waals surface area (Å²) in [7, 11) is 0. The van der Waals surface area contributed by atoms with E-state index < -0.39 is 0 Å². The van der Waals surface area contributed by atoms with E-state index >= 15 is 0 Å². The normalized spacial score (nSPS) is 9.71. The van der Waals surface area contributed by atoms with E-state index in [0.29, 0.717) is 11.3 Å². The number of halogens is 1. The van der Waals surface area contributed by atoms with Crippen molar-refractivity contribution in [1.29, 1.82) is 5.26 Å². The van der Waals surface area contributed by atoms with Crippen LogP contribution in [0.4, 0.5) is 0 Å². The first-order valence-corrected chi connectivity index (χ1v) is 5.92. The molecule has 3 heteroatoms. The van der Waals surface area contributed by atoms with Crippen molar-refractivity contribution in [3.8, 4) is 17.6 Å². The summed E-state index contributed by atoms with van der Waals surface area (Å²) in [6.07, 6.45) is 0. The molecule has 0 radical (unpaired) electrons. The zero-order valence-electron chi connectivity index (χ0n) is 9.27. The Morgan fingerprint density at radius 1 is 1.18 bits per heavy atom. The van der Waals surface area contributed by atoms with Crippen LogP contribution in [0.15, 0.2) is 46.9 Å². The van der Waals surface area contributed by atoms with E-state index in [1.807, 2.05) is 31.2 Å². The summed E-state index contributed by atoms with van der Waals surface area (Å²) >= 11 is 3.39. The SMILES string of the molecule is Cc1cccc(Oc2ccc(C#N)cc2Br)c1. The van der Waals surface area contributed by atoms with Crippen LogP contribution in [0.2, 0.25) is 0 Å². The maximum absolute atomic E-state index is 8.77. The van der Waals surface area contributed by atoms with Crippen molar-refractivity contribution in [2.24, 2.45) is 0 Å². The quantitative estimate of drug-likeness (QED) is 0.819. The Morgan fingerprint density at radius 2 is 2.00 bits per heavy atom. The molecule has 0 aliphatic heterocycles. The number of hydrogen-bond acceptors (Lipinski definition) is 2.